The standard InChI is InChI=1S/C22H21N3O4S/c1-15-6-3-4-9-21(15)25-30(28,29)20-12-10-17(11-13-20)22(27)24-19-8-5-7-18(14-19)23-16(2)26/h3-14,25H,1-2H3,(H,23,26)(H,24,27). The highest BCUT2D eigenvalue weighted by Gasteiger charge is 2.16. The molecule has 8 heteroatoms. The number of hydrogen-bond acceptors (Lipinski definition) is 4. The van der Waals surface area contributed by atoms with E-state index >= 15 is 0 Å². The van der Waals surface area contributed by atoms with Crippen molar-refractivity contribution in [1.29, 1.82) is 0 Å². The Morgan fingerprint density at radius 3 is 2.07 bits per heavy atom. The third-order valence-corrected chi connectivity index (χ3v) is 5.64. The number of carbonyl (C=O) groups is 2. The predicted molar refractivity (Wildman–Crippen MR) is 117 cm³/mol. The number of amides is 2. The van der Waals surface area contributed by atoms with Crippen molar-refractivity contribution < 1.29 is 18.0 Å². The van der Waals surface area contributed by atoms with Crippen molar-refractivity contribution in [1.82, 2.24) is 0 Å². The lowest BCUT2D eigenvalue weighted by atomic mass is 10.2. The van der Waals surface area contributed by atoms with Crippen molar-refractivity contribution in [2.75, 3.05) is 15.4 Å². The lowest BCUT2D eigenvalue weighted by Gasteiger charge is -2.11. The maximum absolute atomic E-state index is 12.6. The Hall–Kier alpha value is -3.65. The fraction of sp³-hybridized carbons (Fsp3) is 0.0909. The van der Waals surface area contributed by atoms with E-state index in [4.69, 9.17) is 0 Å². The van der Waals surface area contributed by atoms with E-state index in [1.807, 2.05) is 19.1 Å². The number of nitrogens with one attached hydrogen (secondary N) is 3. The predicted octanol–water partition coefficient (Wildman–Crippen LogP) is 4.01. The zero-order valence-corrected chi connectivity index (χ0v) is 17.3. The monoisotopic (exact) mass is 423 g/mol. The van der Waals surface area contributed by atoms with Crippen LogP contribution in [-0.4, -0.2) is 20.2 Å². The number of anilines is 3. The molecule has 30 heavy (non-hydrogen) atoms. The second-order valence-corrected chi connectivity index (χ2v) is 8.34. The molecule has 0 aromatic heterocycles. The topological polar surface area (TPSA) is 104 Å². The highest BCUT2D eigenvalue weighted by molar-refractivity contribution is 7.92. The van der Waals surface area contributed by atoms with Gasteiger partial charge in [0.1, 0.15) is 0 Å². The highest BCUT2D eigenvalue weighted by atomic mass is 32.2. The van der Waals surface area contributed by atoms with Crippen molar-refractivity contribution in [2.45, 2.75) is 18.7 Å². The Morgan fingerprint density at radius 1 is 0.800 bits per heavy atom. The number of sulfonamides is 1. The fourth-order valence-corrected chi connectivity index (χ4v) is 3.89. The van der Waals surface area contributed by atoms with Crippen LogP contribution in [0.15, 0.2) is 77.7 Å². The first kappa shape index (κ1) is 21.1. The molecule has 0 bridgehead atoms. The Morgan fingerprint density at radius 2 is 1.43 bits per heavy atom. The summed E-state index contributed by atoms with van der Waals surface area (Å²) in [5.41, 5.74) is 2.67. The number of carbonyl (C=O) groups excluding carboxylic acids is 2. The van der Waals surface area contributed by atoms with Crippen LogP contribution in [0, 0.1) is 6.92 Å². The summed E-state index contributed by atoms with van der Waals surface area (Å²) in [4.78, 5) is 23.7. The molecule has 2 amide bonds. The van der Waals surface area contributed by atoms with Gasteiger partial charge in [-0.2, -0.15) is 0 Å². The summed E-state index contributed by atoms with van der Waals surface area (Å²) in [5, 5.41) is 5.36. The summed E-state index contributed by atoms with van der Waals surface area (Å²) >= 11 is 0. The number of aryl methyl sites for hydroxylation is 1. The lowest BCUT2D eigenvalue weighted by molar-refractivity contribution is -0.114. The van der Waals surface area contributed by atoms with E-state index in [1.54, 1.807) is 36.4 Å². The van der Waals surface area contributed by atoms with Crippen LogP contribution in [0.4, 0.5) is 17.1 Å². The van der Waals surface area contributed by atoms with Crippen LogP contribution < -0.4 is 15.4 Å². The molecule has 0 saturated carbocycles. The minimum Gasteiger partial charge on any atom is -0.326 e. The molecule has 3 aromatic rings. The molecule has 0 atom stereocenters. The summed E-state index contributed by atoms with van der Waals surface area (Å²) in [5.74, 6) is -0.611. The lowest BCUT2D eigenvalue weighted by Crippen LogP contribution is -2.15. The molecule has 7 nitrogen and oxygen atoms in total. The molecule has 0 aliphatic heterocycles. The first-order valence-corrected chi connectivity index (χ1v) is 10.6. The van der Waals surface area contributed by atoms with Crippen LogP contribution in [0.3, 0.4) is 0 Å². The van der Waals surface area contributed by atoms with Crippen molar-refractivity contribution in [3.8, 4) is 0 Å². The van der Waals surface area contributed by atoms with Crippen LogP contribution in [0.2, 0.25) is 0 Å². The Kier molecular flexibility index (Phi) is 6.17. The van der Waals surface area contributed by atoms with Gasteiger partial charge in [-0.05, 0) is 61.0 Å². The maximum atomic E-state index is 12.6. The van der Waals surface area contributed by atoms with Crippen molar-refractivity contribution >= 4 is 38.9 Å². The van der Waals surface area contributed by atoms with E-state index in [2.05, 4.69) is 15.4 Å². The van der Waals surface area contributed by atoms with Crippen LogP contribution in [0.1, 0.15) is 22.8 Å². The molecule has 154 valence electrons. The van der Waals surface area contributed by atoms with Crippen LogP contribution in [-0.2, 0) is 14.8 Å². The Labute approximate surface area is 175 Å². The molecule has 0 aliphatic rings. The van der Waals surface area contributed by atoms with Gasteiger partial charge in [0, 0.05) is 23.9 Å². The quantitative estimate of drug-likeness (QED) is 0.557. The molecule has 0 heterocycles. The summed E-state index contributed by atoms with van der Waals surface area (Å²) in [6.07, 6.45) is 0. The largest absolute Gasteiger partial charge is 0.326 e. The van der Waals surface area contributed by atoms with Gasteiger partial charge in [-0.1, -0.05) is 24.3 Å². The van der Waals surface area contributed by atoms with Crippen LogP contribution in [0.5, 0.6) is 0 Å². The van der Waals surface area contributed by atoms with Crippen molar-refractivity contribution in [2.24, 2.45) is 0 Å². The van der Waals surface area contributed by atoms with Crippen molar-refractivity contribution in [3.63, 3.8) is 0 Å². The molecule has 3 rings (SSSR count). The Balaban J connectivity index is 1.73. The summed E-state index contributed by atoms with van der Waals surface area (Å²) in [6.45, 7) is 3.21. The van der Waals surface area contributed by atoms with Crippen LogP contribution >= 0.6 is 0 Å². The summed E-state index contributed by atoms with van der Waals surface area (Å²) in [7, 11) is -3.78. The SMILES string of the molecule is CC(=O)Nc1cccc(NC(=O)c2ccc(S(=O)(=O)Nc3ccccc3C)cc2)c1. The van der Waals surface area contributed by atoms with E-state index in [9.17, 15) is 18.0 Å². The minimum atomic E-state index is -3.78. The minimum absolute atomic E-state index is 0.0509. The van der Waals surface area contributed by atoms with E-state index in [0.717, 1.165) is 5.56 Å². The van der Waals surface area contributed by atoms with E-state index in [1.165, 1.54) is 31.2 Å². The van der Waals surface area contributed by atoms with Gasteiger partial charge < -0.3 is 10.6 Å². The molecule has 0 fully saturated rings. The van der Waals surface area contributed by atoms with Gasteiger partial charge in [0.05, 0.1) is 10.6 Å². The summed E-state index contributed by atoms with van der Waals surface area (Å²) < 4.78 is 27.8. The molecule has 0 radical (unpaired) electrons. The number of rotatable bonds is 6. The molecular weight excluding hydrogens is 402 g/mol. The van der Waals surface area contributed by atoms with Crippen LogP contribution in [0.25, 0.3) is 0 Å². The molecule has 3 N–H and O–H groups in total. The maximum Gasteiger partial charge on any atom is 0.261 e. The first-order valence-electron chi connectivity index (χ1n) is 9.12. The fourth-order valence-electron chi connectivity index (χ4n) is 2.76. The van der Waals surface area contributed by atoms with Gasteiger partial charge in [0.15, 0.2) is 0 Å². The molecule has 0 aliphatic carbocycles. The van der Waals surface area contributed by atoms with Gasteiger partial charge in [0.2, 0.25) is 5.91 Å². The number of hydrogen-bond donors (Lipinski definition) is 3. The second kappa shape index (κ2) is 8.79. The van der Waals surface area contributed by atoms with Gasteiger partial charge >= 0.3 is 0 Å². The zero-order valence-electron chi connectivity index (χ0n) is 16.5. The van der Waals surface area contributed by atoms with E-state index in [0.29, 0.717) is 22.6 Å². The third-order valence-electron chi connectivity index (χ3n) is 4.26. The summed E-state index contributed by atoms with van der Waals surface area (Å²) in [6, 6.07) is 19.4. The average Bonchev–Trinajstić information content (AvgIpc) is 2.69. The van der Waals surface area contributed by atoms with Gasteiger partial charge in [-0.25, -0.2) is 8.42 Å². The highest BCUT2D eigenvalue weighted by Crippen LogP contribution is 2.20. The molecule has 3 aromatic carbocycles. The van der Waals surface area contributed by atoms with Gasteiger partial charge in [0.25, 0.3) is 15.9 Å². The number of para-hydroxylation sites is 1. The van der Waals surface area contributed by atoms with Gasteiger partial charge in [-0.15, -0.1) is 0 Å². The molecule has 0 spiro atoms. The molecule has 0 unspecified atom stereocenters. The average molecular weight is 423 g/mol. The van der Waals surface area contributed by atoms with E-state index in [-0.39, 0.29) is 10.8 Å². The zero-order chi connectivity index (χ0) is 21.7. The molecular formula is C22H21N3O4S. The smallest absolute Gasteiger partial charge is 0.261 e. The van der Waals surface area contributed by atoms with Crippen molar-refractivity contribution in [3.05, 3.63) is 83.9 Å². The molecule has 0 saturated heterocycles. The van der Waals surface area contributed by atoms with E-state index < -0.39 is 15.9 Å². The second-order valence-electron chi connectivity index (χ2n) is 6.66. The third kappa shape index (κ3) is 5.24. The normalized spacial score (nSPS) is 10.9. The van der Waals surface area contributed by atoms with Gasteiger partial charge in [-0.3, -0.25) is 14.3 Å². The Bertz CT molecular complexity index is 1190. The number of benzene rings is 3. The first-order chi connectivity index (χ1) is 14.2.